The zero-order valence-corrected chi connectivity index (χ0v) is 13.4. The van der Waals surface area contributed by atoms with Gasteiger partial charge in [0.1, 0.15) is 5.56 Å². The van der Waals surface area contributed by atoms with Gasteiger partial charge in [0.05, 0.1) is 6.10 Å². The number of aromatic nitrogens is 1. The number of aromatic amines is 1. The summed E-state index contributed by atoms with van der Waals surface area (Å²) < 4.78 is 0. The Morgan fingerprint density at radius 1 is 1.17 bits per heavy atom. The summed E-state index contributed by atoms with van der Waals surface area (Å²) in [7, 11) is 0. The number of fused-ring (bicyclic) bond motifs is 1. The fourth-order valence-corrected chi connectivity index (χ4v) is 2.94. The molecule has 1 atom stereocenters. The largest absolute Gasteiger partial charge is 0.389 e. The van der Waals surface area contributed by atoms with Crippen LogP contribution in [-0.2, 0) is 4.79 Å². The van der Waals surface area contributed by atoms with Crippen molar-refractivity contribution in [3.05, 3.63) is 46.2 Å². The number of carbonyl (C=O) groups is 2. The standard InChI is InChI=1S/C17H19N3O4/c1-11(21)19-6-7-20(10-13(22)9-19)17(24)14-8-12-4-2-3-5-15(12)18-16(14)23/h2-5,8,13,22H,6-7,9-10H2,1H3,(H,18,23). The van der Waals surface area contributed by atoms with Crippen LogP contribution in [-0.4, -0.2) is 64.0 Å². The summed E-state index contributed by atoms with van der Waals surface area (Å²) in [4.78, 5) is 42.1. The van der Waals surface area contributed by atoms with Gasteiger partial charge >= 0.3 is 0 Å². The molecule has 0 aliphatic carbocycles. The van der Waals surface area contributed by atoms with E-state index >= 15 is 0 Å². The van der Waals surface area contributed by atoms with Gasteiger partial charge in [0.15, 0.2) is 0 Å². The summed E-state index contributed by atoms with van der Waals surface area (Å²) in [6.45, 7) is 2.33. The molecule has 2 amide bonds. The first-order valence-corrected chi connectivity index (χ1v) is 7.80. The average Bonchev–Trinajstić information content (AvgIpc) is 2.75. The SMILES string of the molecule is CC(=O)N1CCN(C(=O)c2cc3ccccc3[nH]c2=O)CC(O)C1. The second-order valence-electron chi connectivity index (χ2n) is 5.97. The van der Waals surface area contributed by atoms with Crippen LogP contribution in [0.5, 0.6) is 0 Å². The number of para-hydroxylation sites is 1. The van der Waals surface area contributed by atoms with Gasteiger partial charge < -0.3 is 19.9 Å². The first-order valence-electron chi connectivity index (χ1n) is 7.80. The number of amides is 2. The van der Waals surface area contributed by atoms with E-state index in [0.29, 0.717) is 12.1 Å². The van der Waals surface area contributed by atoms with Crippen molar-refractivity contribution in [3.8, 4) is 0 Å². The van der Waals surface area contributed by atoms with Crippen LogP contribution in [0.25, 0.3) is 10.9 Å². The molecule has 1 saturated heterocycles. The van der Waals surface area contributed by atoms with Crippen molar-refractivity contribution >= 4 is 22.7 Å². The Balaban J connectivity index is 1.90. The van der Waals surface area contributed by atoms with Gasteiger partial charge in [-0.2, -0.15) is 0 Å². The minimum atomic E-state index is -0.833. The lowest BCUT2D eigenvalue weighted by Gasteiger charge is -2.21. The van der Waals surface area contributed by atoms with Gasteiger partial charge in [0.25, 0.3) is 11.5 Å². The molecular formula is C17H19N3O4. The molecule has 0 saturated carbocycles. The highest BCUT2D eigenvalue weighted by molar-refractivity contribution is 5.97. The first-order chi connectivity index (χ1) is 11.5. The van der Waals surface area contributed by atoms with Crippen LogP contribution in [0.15, 0.2) is 35.1 Å². The number of rotatable bonds is 1. The van der Waals surface area contributed by atoms with E-state index in [0.717, 1.165) is 5.39 Å². The summed E-state index contributed by atoms with van der Waals surface area (Å²) in [5.74, 6) is -0.585. The minimum Gasteiger partial charge on any atom is -0.389 e. The predicted molar refractivity (Wildman–Crippen MR) is 88.7 cm³/mol. The summed E-state index contributed by atoms with van der Waals surface area (Å²) in [5.41, 5.74) is 0.246. The lowest BCUT2D eigenvalue weighted by atomic mass is 10.1. The molecule has 2 aromatic rings. The number of nitrogens with one attached hydrogen (secondary N) is 1. The summed E-state index contributed by atoms with van der Waals surface area (Å²) in [6, 6.07) is 8.79. The number of pyridine rings is 1. The lowest BCUT2D eigenvalue weighted by molar-refractivity contribution is -0.129. The fraction of sp³-hybridized carbons (Fsp3) is 0.353. The number of benzene rings is 1. The van der Waals surface area contributed by atoms with E-state index in [4.69, 9.17) is 0 Å². The van der Waals surface area contributed by atoms with Gasteiger partial charge in [-0.1, -0.05) is 18.2 Å². The van der Waals surface area contributed by atoms with E-state index in [2.05, 4.69) is 4.98 Å². The quantitative estimate of drug-likeness (QED) is 0.781. The Labute approximate surface area is 138 Å². The molecule has 1 aliphatic rings. The van der Waals surface area contributed by atoms with Crippen molar-refractivity contribution in [2.24, 2.45) is 0 Å². The van der Waals surface area contributed by atoms with Crippen molar-refractivity contribution in [1.82, 2.24) is 14.8 Å². The lowest BCUT2D eigenvalue weighted by Crippen LogP contribution is -2.40. The molecular weight excluding hydrogens is 310 g/mol. The van der Waals surface area contributed by atoms with Gasteiger partial charge in [0, 0.05) is 38.6 Å². The number of aliphatic hydroxyl groups is 1. The van der Waals surface area contributed by atoms with Gasteiger partial charge in [-0.3, -0.25) is 14.4 Å². The Morgan fingerprint density at radius 2 is 1.83 bits per heavy atom. The second-order valence-corrected chi connectivity index (χ2v) is 5.97. The normalized spacial score (nSPS) is 18.5. The molecule has 2 N–H and O–H groups in total. The van der Waals surface area contributed by atoms with E-state index in [1.54, 1.807) is 18.2 Å². The molecule has 24 heavy (non-hydrogen) atoms. The molecule has 1 aromatic heterocycles. The topological polar surface area (TPSA) is 93.7 Å². The number of hydrogen-bond acceptors (Lipinski definition) is 4. The average molecular weight is 329 g/mol. The molecule has 7 heteroatoms. The van der Waals surface area contributed by atoms with Crippen LogP contribution in [0.2, 0.25) is 0 Å². The highest BCUT2D eigenvalue weighted by Crippen LogP contribution is 2.13. The molecule has 2 heterocycles. The smallest absolute Gasteiger partial charge is 0.261 e. The molecule has 126 valence electrons. The first kappa shape index (κ1) is 16.2. The summed E-state index contributed by atoms with van der Waals surface area (Å²) in [5, 5.41) is 10.8. The molecule has 0 bridgehead atoms. The minimum absolute atomic E-state index is 0.0391. The van der Waals surface area contributed by atoms with Crippen molar-refractivity contribution in [2.75, 3.05) is 26.2 Å². The molecule has 0 spiro atoms. The van der Waals surface area contributed by atoms with Gasteiger partial charge in [-0.25, -0.2) is 0 Å². The van der Waals surface area contributed by atoms with Crippen molar-refractivity contribution < 1.29 is 14.7 Å². The van der Waals surface area contributed by atoms with Crippen LogP contribution in [0.3, 0.4) is 0 Å². The third-order valence-corrected chi connectivity index (χ3v) is 4.22. The Kier molecular flexibility index (Phi) is 4.35. The highest BCUT2D eigenvalue weighted by Gasteiger charge is 2.27. The predicted octanol–water partition coefficient (Wildman–Crippen LogP) is 0.193. The van der Waals surface area contributed by atoms with Gasteiger partial charge in [-0.15, -0.1) is 0 Å². The Morgan fingerprint density at radius 3 is 2.58 bits per heavy atom. The number of nitrogens with zero attached hydrogens (tertiary/aromatic N) is 2. The fourth-order valence-electron chi connectivity index (χ4n) is 2.94. The summed E-state index contributed by atoms with van der Waals surface area (Å²) in [6.07, 6.45) is -0.833. The van der Waals surface area contributed by atoms with E-state index in [1.807, 2.05) is 12.1 Å². The molecule has 1 aliphatic heterocycles. The Hall–Kier alpha value is -2.67. The highest BCUT2D eigenvalue weighted by atomic mass is 16.3. The molecule has 3 rings (SSSR count). The van der Waals surface area contributed by atoms with Crippen molar-refractivity contribution in [2.45, 2.75) is 13.0 Å². The van der Waals surface area contributed by atoms with E-state index in [1.165, 1.54) is 16.7 Å². The monoisotopic (exact) mass is 329 g/mol. The number of H-pyrrole nitrogens is 1. The van der Waals surface area contributed by atoms with E-state index in [9.17, 15) is 19.5 Å². The van der Waals surface area contributed by atoms with Crippen LogP contribution >= 0.6 is 0 Å². The van der Waals surface area contributed by atoms with Gasteiger partial charge in [0.2, 0.25) is 5.91 Å². The molecule has 1 aromatic carbocycles. The molecule has 7 nitrogen and oxygen atoms in total. The molecule has 1 unspecified atom stereocenters. The van der Waals surface area contributed by atoms with Gasteiger partial charge in [-0.05, 0) is 17.5 Å². The Bertz CT molecular complexity index is 845. The molecule has 0 radical (unpaired) electrons. The number of aliphatic hydroxyl groups excluding tert-OH is 1. The maximum Gasteiger partial charge on any atom is 0.261 e. The maximum atomic E-state index is 12.7. The molecule has 1 fully saturated rings. The zero-order valence-electron chi connectivity index (χ0n) is 13.4. The van der Waals surface area contributed by atoms with Crippen LogP contribution in [0.1, 0.15) is 17.3 Å². The van der Waals surface area contributed by atoms with E-state index < -0.39 is 17.6 Å². The zero-order chi connectivity index (χ0) is 17.3. The van der Waals surface area contributed by atoms with E-state index in [-0.39, 0.29) is 31.1 Å². The third kappa shape index (κ3) is 3.16. The number of hydrogen-bond donors (Lipinski definition) is 2. The third-order valence-electron chi connectivity index (χ3n) is 4.22. The van der Waals surface area contributed by atoms with Crippen LogP contribution in [0.4, 0.5) is 0 Å². The van der Waals surface area contributed by atoms with Crippen molar-refractivity contribution in [3.63, 3.8) is 0 Å². The second kappa shape index (κ2) is 6.45. The number of carbonyl (C=O) groups excluding carboxylic acids is 2. The van der Waals surface area contributed by atoms with Crippen LogP contribution < -0.4 is 5.56 Å². The maximum absolute atomic E-state index is 12.7. The van der Waals surface area contributed by atoms with Crippen LogP contribution in [0, 0.1) is 0 Å². The number of β-amino-alcohol motifs (C(OH)–C–C–N with tert-alkyl or cyclic N) is 1. The summed E-state index contributed by atoms with van der Waals surface area (Å²) >= 11 is 0. The van der Waals surface area contributed by atoms with Crippen molar-refractivity contribution in [1.29, 1.82) is 0 Å².